The summed E-state index contributed by atoms with van der Waals surface area (Å²) < 4.78 is 47.4. The Balaban J connectivity index is 1.34. The number of hydrogen-bond acceptors (Lipinski definition) is 11. The van der Waals surface area contributed by atoms with Gasteiger partial charge < -0.3 is 34.4 Å². The number of halogens is 4. The molecule has 48 heavy (non-hydrogen) atoms. The van der Waals surface area contributed by atoms with Crippen LogP contribution in [0.4, 0.5) is 30.5 Å². The van der Waals surface area contributed by atoms with E-state index >= 15 is 0 Å². The predicted octanol–water partition coefficient (Wildman–Crippen LogP) is 2.06. The fourth-order valence-corrected chi connectivity index (χ4v) is 5.88. The van der Waals surface area contributed by atoms with Gasteiger partial charge in [0.1, 0.15) is 23.7 Å². The van der Waals surface area contributed by atoms with Gasteiger partial charge in [-0.15, -0.1) is 5.10 Å². The molecule has 0 aliphatic carbocycles. The van der Waals surface area contributed by atoms with E-state index in [1.54, 1.807) is 0 Å². The first-order chi connectivity index (χ1) is 23.0. The Bertz CT molecular complexity index is 1920. The molecule has 6 heterocycles. The van der Waals surface area contributed by atoms with E-state index in [0.29, 0.717) is 38.1 Å². The fraction of sp³-hybridized carbons (Fsp3) is 0.414. The number of rotatable bonds is 7. The van der Waals surface area contributed by atoms with Crippen LogP contribution in [0.25, 0.3) is 5.78 Å². The molecule has 0 bridgehead atoms. The SMILES string of the molecule is CCc1c(N2CCN(C(=O)c3ncccc3O)CC2)c(=O)n2nc(N3CCOCC3)nc2n1CC(=O)Nc1ccc(C(F)(F)F)nc1Cl. The van der Waals surface area contributed by atoms with E-state index in [-0.39, 0.29) is 67.1 Å². The second kappa shape index (κ2) is 13.3. The van der Waals surface area contributed by atoms with E-state index in [4.69, 9.17) is 16.3 Å². The second-order valence-electron chi connectivity index (χ2n) is 11.0. The van der Waals surface area contributed by atoms with Crippen molar-refractivity contribution in [3.63, 3.8) is 0 Å². The molecule has 2 fully saturated rings. The Morgan fingerprint density at radius 1 is 1.04 bits per heavy atom. The van der Waals surface area contributed by atoms with Crippen LogP contribution in [0.3, 0.4) is 0 Å². The van der Waals surface area contributed by atoms with Crippen LogP contribution in [0.5, 0.6) is 5.75 Å². The van der Waals surface area contributed by atoms with Gasteiger partial charge >= 0.3 is 6.18 Å². The van der Waals surface area contributed by atoms with E-state index in [9.17, 15) is 32.7 Å². The zero-order chi connectivity index (χ0) is 34.2. The Hall–Kier alpha value is -4.97. The lowest BCUT2D eigenvalue weighted by atomic mass is 10.2. The number of nitrogens with one attached hydrogen (secondary N) is 1. The minimum Gasteiger partial charge on any atom is -0.505 e. The van der Waals surface area contributed by atoms with Crippen LogP contribution in [0.1, 0.15) is 28.8 Å². The number of amides is 2. The Morgan fingerprint density at radius 2 is 1.77 bits per heavy atom. The standard InChI is InChI=1S/C29H30ClF3N10O5/c1-2-18-23(39-8-10-40(11-9-39)25(46)22-19(44)4-3-7-34-22)26(47)43-28(37-27(38-43)41-12-14-48-15-13-41)42(18)16-21(45)35-17-5-6-20(29(31,32)33)36-24(17)30/h3-7,44H,2,8-16H2,1H3,(H,35,45). The summed E-state index contributed by atoms with van der Waals surface area (Å²) >= 11 is 5.99. The topological polar surface area (TPSA) is 163 Å². The van der Waals surface area contributed by atoms with E-state index in [1.807, 2.05) is 16.7 Å². The van der Waals surface area contributed by atoms with Crippen LogP contribution in [-0.2, 0) is 28.7 Å². The van der Waals surface area contributed by atoms with Gasteiger partial charge in [0.15, 0.2) is 10.8 Å². The molecule has 2 amide bonds. The molecule has 19 heteroatoms. The smallest absolute Gasteiger partial charge is 0.433 e. The molecule has 0 saturated carbocycles. The number of fused-ring (bicyclic) bond motifs is 1. The average Bonchev–Trinajstić information content (AvgIpc) is 3.53. The summed E-state index contributed by atoms with van der Waals surface area (Å²) in [6, 6.07) is 4.62. The normalized spacial score (nSPS) is 15.6. The molecule has 6 rings (SSSR count). The molecule has 0 radical (unpaired) electrons. The molecule has 15 nitrogen and oxygen atoms in total. The highest BCUT2D eigenvalue weighted by atomic mass is 35.5. The average molecular weight is 691 g/mol. The first-order valence-corrected chi connectivity index (χ1v) is 15.4. The number of aromatic nitrogens is 6. The summed E-state index contributed by atoms with van der Waals surface area (Å²) in [5, 5.41) is 16.6. The van der Waals surface area contributed by atoms with Crippen molar-refractivity contribution in [2.24, 2.45) is 0 Å². The van der Waals surface area contributed by atoms with Gasteiger partial charge in [-0.1, -0.05) is 18.5 Å². The molecule has 0 aromatic carbocycles. The van der Waals surface area contributed by atoms with E-state index < -0.39 is 40.9 Å². The third-order valence-electron chi connectivity index (χ3n) is 8.03. The number of ether oxygens (including phenoxy) is 1. The van der Waals surface area contributed by atoms with Crippen molar-refractivity contribution in [1.82, 2.24) is 34.0 Å². The van der Waals surface area contributed by atoms with Crippen molar-refractivity contribution in [3.8, 4) is 5.75 Å². The molecule has 0 spiro atoms. The number of nitrogens with zero attached hydrogens (tertiary/aromatic N) is 9. The van der Waals surface area contributed by atoms with Crippen LogP contribution in [0.15, 0.2) is 35.3 Å². The molecule has 4 aromatic heterocycles. The lowest BCUT2D eigenvalue weighted by Crippen LogP contribution is -2.51. The molecule has 2 saturated heterocycles. The maximum Gasteiger partial charge on any atom is 0.433 e. The fourth-order valence-electron chi connectivity index (χ4n) is 5.68. The van der Waals surface area contributed by atoms with Gasteiger partial charge in [0, 0.05) is 45.5 Å². The van der Waals surface area contributed by atoms with Crippen molar-refractivity contribution in [3.05, 3.63) is 63.1 Å². The molecule has 2 aliphatic heterocycles. The summed E-state index contributed by atoms with van der Waals surface area (Å²) in [4.78, 5) is 57.7. The van der Waals surface area contributed by atoms with Crippen LogP contribution in [0.2, 0.25) is 5.15 Å². The van der Waals surface area contributed by atoms with Crippen LogP contribution >= 0.6 is 11.6 Å². The Morgan fingerprint density at radius 3 is 2.42 bits per heavy atom. The zero-order valence-electron chi connectivity index (χ0n) is 25.6. The lowest BCUT2D eigenvalue weighted by molar-refractivity contribution is -0.141. The number of hydrogen-bond donors (Lipinski definition) is 2. The number of pyridine rings is 2. The molecular formula is C29H30ClF3N10O5. The monoisotopic (exact) mass is 690 g/mol. The number of anilines is 3. The third-order valence-corrected chi connectivity index (χ3v) is 8.32. The van der Waals surface area contributed by atoms with Gasteiger partial charge in [-0.05, 0) is 30.7 Å². The van der Waals surface area contributed by atoms with E-state index in [2.05, 4.69) is 25.4 Å². The van der Waals surface area contributed by atoms with Crippen LogP contribution in [0, 0.1) is 0 Å². The second-order valence-corrected chi connectivity index (χ2v) is 11.4. The first-order valence-electron chi connectivity index (χ1n) is 15.0. The van der Waals surface area contributed by atoms with Gasteiger partial charge in [0.05, 0.1) is 24.6 Å². The Kier molecular flexibility index (Phi) is 9.11. The summed E-state index contributed by atoms with van der Waals surface area (Å²) in [6.07, 6.45) is -3.02. The van der Waals surface area contributed by atoms with E-state index in [0.717, 1.165) is 10.6 Å². The van der Waals surface area contributed by atoms with E-state index in [1.165, 1.54) is 27.8 Å². The molecule has 0 atom stereocenters. The highest BCUT2D eigenvalue weighted by molar-refractivity contribution is 6.32. The van der Waals surface area contributed by atoms with Crippen molar-refractivity contribution in [2.75, 3.05) is 67.6 Å². The van der Waals surface area contributed by atoms with Gasteiger partial charge in [-0.3, -0.25) is 14.4 Å². The van der Waals surface area contributed by atoms with Crippen molar-refractivity contribution < 1.29 is 32.6 Å². The van der Waals surface area contributed by atoms with Gasteiger partial charge in [0.25, 0.3) is 11.5 Å². The highest BCUT2D eigenvalue weighted by Crippen LogP contribution is 2.31. The minimum absolute atomic E-state index is 0.0726. The van der Waals surface area contributed by atoms with Crippen molar-refractivity contribution in [1.29, 1.82) is 0 Å². The quantitative estimate of drug-likeness (QED) is 0.273. The number of aromatic hydroxyl groups is 1. The van der Waals surface area contributed by atoms with Gasteiger partial charge in [-0.2, -0.15) is 22.7 Å². The summed E-state index contributed by atoms with van der Waals surface area (Å²) in [5.41, 5.74) is -1.15. The molecule has 0 unspecified atom stereocenters. The maximum atomic E-state index is 14.1. The molecule has 4 aromatic rings. The molecule has 2 aliphatic rings. The highest BCUT2D eigenvalue weighted by Gasteiger charge is 2.34. The number of carbonyl (C=O) groups excluding carboxylic acids is 2. The molecular weight excluding hydrogens is 661 g/mol. The zero-order valence-corrected chi connectivity index (χ0v) is 26.3. The van der Waals surface area contributed by atoms with Gasteiger partial charge in [0.2, 0.25) is 17.6 Å². The number of alkyl halides is 3. The van der Waals surface area contributed by atoms with Crippen LogP contribution < -0.4 is 20.7 Å². The molecule has 254 valence electrons. The van der Waals surface area contributed by atoms with Crippen LogP contribution in [-0.4, -0.2) is 103 Å². The maximum absolute atomic E-state index is 14.1. The van der Waals surface area contributed by atoms with Crippen molar-refractivity contribution in [2.45, 2.75) is 26.1 Å². The number of carbonyl (C=O) groups is 2. The van der Waals surface area contributed by atoms with Gasteiger partial charge in [-0.25, -0.2) is 9.97 Å². The largest absolute Gasteiger partial charge is 0.505 e. The predicted molar refractivity (Wildman–Crippen MR) is 167 cm³/mol. The number of morpholine rings is 1. The summed E-state index contributed by atoms with van der Waals surface area (Å²) in [7, 11) is 0. The Labute approximate surface area is 275 Å². The minimum atomic E-state index is -4.72. The first kappa shape index (κ1) is 33.0. The molecule has 2 N–H and O–H groups in total. The number of piperazine rings is 1. The summed E-state index contributed by atoms with van der Waals surface area (Å²) in [5.74, 6) is -0.986. The lowest BCUT2D eigenvalue weighted by Gasteiger charge is -2.36. The summed E-state index contributed by atoms with van der Waals surface area (Å²) in [6.45, 7) is 4.19. The van der Waals surface area contributed by atoms with Crippen molar-refractivity contribution >= 4 is 46.5 Å². The third kappa shape index (κ3) is 6.44.